The van der Waals surface area contributed by atoms with E-state index < -0.39 is 12.3 Å². The fourth-order valence-corrected chi connectivity index (χ4v) is 4.19. The summed E-state index contributed by atoms with van der Waals surface area (Å²) in [5, 5.41) is 0. The van der Waals surface area contributed by atoms with E-state index in [0.29, 0.717) is 13.2 Å². The first kappa shape index (κ1) is 18.5. The van der Waals surface area contributed by atoms with Crippen LogP contribution in [0.3, 0.4) is 0 Å². The van der Waals surface area contributed by atoms with Gasteiger partial charge in [0.05, 0.1) is 6.61 Å². The van der Waals surface area contributed by atoms with Crippen molar-refractivity contribution in [1.29, 1.82) is 0 Å². The molecule has 4 aliphatic heterocycles. The molecule has 0 radical (unpaired) electrons. The Labute approximate surface area is 162 Å². The van der Waals surface area contributed by atoms with E-state index in [1.165, 1.54) is 6.07 Å². The summed E-state index contributed by atoms with van der Waals surface area (Å²) >= 11 is 0. The molecular formula is C19H26N2O7. The van der Waals surface area contributed by atoms with E-state index in [1.54, 1.807) is 10.8 Å². The van der Waals surface area contributed by atoms with Gasteiger partial charge in [-0.3, -0.25) is 9.36 Å². The van der Waals surface area contributed by atoms with Crippen LogP contribution >= 0.6 is 0 Å². The van der Waals surface area contributed by atoms with E-state index in [1.807, 2.05) is 0 Å². The first-order valence-electron chi connectivity index (χ1n) is 10.2. The van der Waals surface area contributed by atoms with E-state index in [9.17, 15) is 4.79 Å². The number of hydrogen-bond donors (Lipinski definition) is 0. The maximum atomic E-state index is 11.6. The zero-order chi connectivity index (χ0) is 18.9. The Morgan fingerprint density at radius 3 is 2.64 bits per heavy atom. The SMILES string of the molecule is O=c1ccn2c(n1)O[C@@H]1[C@H](O[C@@H]3CCCCO3)[C@H](CO[C@H]3CCCCO3)O[C@H]12. The average Bonchev–Trinajstić information content (AvgIpc) is 3.24. The summed E-state index contributed by atoms with van der Waals surface area (Å²) in [5.74, 6) is 0. The van der Waals surface area contributed by atoms with Crippen molar-refractivity contribution in [2.75, 3.05) is 19.8 Å². The summed E-state index contributed by atoms with van der Waals surface area (Å²) in [6.45, 7) is 1.77. The zero-order valence-corrected chi connectivity index (χ0v) is 15.7. The Morgan fingerprint density at radius 2 is 1.89 bits per heavy atom. The molecule has 9 heteroatoms. The molecule has 3 fully saturated rings. The summed E-state index contributed by atoms with van der Waals surface area (Å²) in [6, 6.07) is 1.66. The quantitative estimate of drug-likeness (QED) is 0.739. The Morgan fingerprint density at radius 1 is 1.11 bits per heavy atom. The molecular weight excluding hydrogens is 368 g/mol. The number of ether oxygens (including phenoxy) is 6. The molecule has 5 rings (SSSR count). The highest BCUT2D eigenvalue weighted by molar-refractivity contribution is 5.11. The smallest absolute Gasteiger partial charge is 0.302 e. The summed E-state index contributed by atoms with van der Waals surface area (Å²) in [5.41, 5.74) is -0.339. The molecule has 0 N–H and O–H groups in total. The fraction of sp³-hybridized carbons (Fsp3) is 0.789. The summed E-state index contributed by atoms with van der Waals surface area (Å²) in [4.78, 5) is 15.5. The minimum absolute atomic E-state index is 0.199. The van der Waals surface area contributed by atoms with Crippen LogP contribution in [0.2, 0.25) is 0 Å². The second-order valence-electron chi connectivity index (χ2n) is 7.63. The minimum atomic E-state index is -0.405. The van der Waals surface area contributed by atoms with Gasteiger partial charge in [-0.1, -0.05) is 0 Å². The van der Waals surface area contributed by atoms with Gasteiger partial charge in [-0.15, -0.1) is 0 Å². The van der Waals surface area contributed by atoms with Crippen molar-refractivity contribution in [2.45, 2.75) is 75.6 Å². The van der Waals surface area contributed by atoms with Gasteiger partial charge >= 0.3 is 6.01 Å². The van der Waals surface area contributed by atoms with Crippen molar-refractivity contribution in [3.05, 3.63) is 22.6 Å². The highest BCUT2D eigenvalue weighted by Crippen LogP contribution is 2.41. The van der Waals surface area contributed by atoms with Gasteiger partial charge in [0, 0.05) is 25.5 Å². The van der Waals surface area contributed by atoms with Crippen molar-refractivity contribution in [3.63, 3.8) is 0 Å². The summed E-state index contributed by atoms with van der Waals surface area (Å²) in [6.07, 6.45) is 5.69. The maximum absolute atomic E-state index is 11.6. The Balaban J connectivity index is 1.31. The third kappa shape index (κ3) is 3.69. The largest absolute Gasteiger partial charge is 0.453 e. The number of fused-ring (bicyclic) bond motifs is 3. The predicted molar refractivity (Wildman–Crippen MR) is 94.8 cm³/mol. The Bertz CT molecular complexity index is 729. The highest BCUT2D eigenvalue weighted by atomic mass is 16.7. The van der Waals surface area contributed by atoms with Crippen LogP contribution in [0.5, 0.6) is 6.01 Å². The second kappa shape index (κ2) is 8.08. The van der Waals surface area contributed by atoms with Crippen LogP contribution in [0.1, 0.15) is 44.8 Å². The molecule has 0 unspecified atom stereocenters. The molecule has 4 aliphatic rings. The second-order valence-corrected chi connectivity index (χ2v) is 7.63. The van der Waals surface area contributed by atoms with Crippen LogP contribution in [-0.4, -0.2) is 60.3 Å². The lowest BCUT2D eigenvalue weighted by molar-refractivity contribution is -0.223. The zero-order valence-electron chi connectivity index (χ0n) is 15.7. The van der Waals surface area contributed by atoms with Gasteiger partial charge in [0.25, 0.3) is 5.56 Å². The lowest BCUT2D eigenvalue weighted by Crippen LogP contribution is -2.43. The molecule has 154 valence electrons. The van der Waals surface area contributed by atoms with Crippen LogP contribution in [0.15, 0.2) is 17.1 Å². The van der Waals surface area contributed by atoms with Crippen LogP contribution in [0, 0.1) is 0 Å². The fourth-order valence-electron chi connectivity index (χ4n) is 4.19. The van der Waals surface area contributed by atoms with E-state index >= 15 is 0 Å². The molecule has 1 aromatic heterocycles. The average molecular weight is 394 g/mol. The van der Waals surface area contributed by atoms with Crippen LogP contribution in [0.4, 0.5) is 0 Å². The maximum Gasteiger partial charge on any atom is 0.302 e. The third-order valence-electron chi connectivity index (χ3n) is 5.64. The van der Waals surface area contributed by atoms with Gasteiger partial charge in [-0.05, 0) is 38.5 Å². The van der Waals surface area contributed by atoms with E-state index in [4.69, 9.17) is 28.4 Å². The molecule has 0 aliphatic carbocycles. The molecule has 3 saturated heterocycles. The lowest BCUT2D eigenvalue weighted by atomic mass is 10.1. The van der Waals surface area contributed by atoms with Gasteiger partial charge in [-0.2, -0.15) is 4.98 Å². The predicted octanol–water partition coefficient (Wildman–Crippen LogP) is 1.36. The Hall–Kier alpha value is -1.52. The molecule has 0 spiro atoms. The van der Waals surface area contributed by atoms with Crippen molar-refractivity contribution >= 4 is 0 Å². The normalized spacial score (nSPS) is 37.3. The van der Waals surface area contributed by atoms with Gasteiger partial charge in [-0.25, -0.2) is 0 Å². The molecule has 0 amide bonds. The standard InChI is InChI=1S/C19H26N2O7/c22-13-7-8-21-18-17(28-19(21)20-13)16(27-15-6-2-4-10-24-15)12(26-18)11-25-14-5-1-3-9-23-14/h7-8,12,14-18H,1-6,9-11H2/t12-,14-,15+,16+,17+,18+/m0/s1. The van der Waals surface area contributed by atoms with Gasteiger partial charge in [0.15, 0.2) is 24.9 Å². The summed E-state index contributed by atoms with van der Waals surface area (Å²) < 4.78 is 37.6. The molecule has 0 saturated carbocycles. The van der Waals surface area contributed by atoms with E-state index in [-0.39, 0.29) is 36.4 Å². The van der Waals surface area contributed by atoms with Crippen molar-refractivity contribution < 1.29 is 28.4 Å². The number of nitrogens with zero attached hydrogens (tertiary/aromatic N) is 2. The first-order chi connectivity index (χ1) is 13.8. The topological polar surface area (TPSA) is 90.3 Å². The van der Waals surface area contributed by atoms with Gasteiger partial charge in [0.2, 0.25) is 0 Å². The summed E-state index contributed by atoms with van der Waals surface area (Å²) in [7, 11) is 0. The van der Waals surface area contributed by atoms with Gasteiger partial charge < -0.3 is 28.4 Å². The number of hydrogen-bond acceptors (Lipinski definition) is 8. The molecule has 28 heavy (non-hydrogen) atoms. The molecule has 1 aromatic rings. The van der Waals surface area contributed by atoms with Crippen molar-refractivity contribution in [3.8, 4) is 6.01 Å². The van der Waals surface area contributed by atoms with Gasteiger partial charge in [0.1, 0.15) is 12.2 Å². The van der Waals surface area contributed by atoms with Crippen LogP contribution in [-0.2, 0) is 23.7 Å². The Kier molecular flexibility index (Phi) is 5.34. The minimum Gasteiger partial charge on any atom is -0.453 e. The van der Waals surface area contributed by atoms with Crippen molar-refractivity contribution in [1.82, 2.24) is 9.55 Å². The highest BCUT2D eigenvalue weighted by Gasteiger charge is 2.53. The number of rotatable bonds is 5. The van der Waals surface area contributed by atoms with Crippen molar-refractivity contribution in [2.24, 2.45) is 0 Å². The molecule has 0 bridgehead atoms. The molecule has 0 aromatic carbocycles. The lowest BCUT2D eigenvalue weighted by Gasteiger charge is -2.30. The third-order valence-corrected chi connectivity index (χ3v) is 5.64. The molecule has 9 nitrogen and oxygen atoms in total. The molecule has 5 heterocycles. The first-order valence-corrected chi connectivity index (χ1v) is 10.2. The van der Waals surface area contributed by atoms with E-state index in [2.05, 4.69) is 4.98 Å². The van der Waals surface area contributed by atoms with Crippen LogP contribution < -0.4 is 10.3 Å². The van der Waals surface area contributed by atoms with E-state index in [0.717, 1.165) is 45.1 Å². The number of aromatic nitrogens is 2. The monoisotopic (exact) mass is 394 g/mol. The van der Waals surface area contributed by atoms with Crippen LogP contribution in [0.25, 0.3) is 0 Å². The molecule has 6 atom stereocenters.